The minimum Gasteiger partial charge on any atom is -0.404 e. The molecule has 2 aliphatic heterocycles. The van der Waals surface area contributed by atoms with E-state index in [1.54, 1.807) is 32.9 Å². The molecule has 0 amide bonds. The summed E-state index contributed by atoms with van der Waals surface area (Å²) in [5.74, 6) is -0.126. The molecule has 5 N–H and O–H groups in total. The first-order valence-electron chi connectivity index (χ1n) is 15.6. The molecule has 1 saturated heterocycles. The molecule has 300 valence electrons. The van der Waals surface area contributed by atoms with E-state index in [9.17, 15) is 37.9 Å². The van der Waals surface area contributed by atoms with E-state index >= 15 is 0 Å². The summed E-state index contributed by atoms with van der Waals surface area (Å²) in [4.78, 5) is 78.5. The summed E-state index contributed by atoms with van der Waals surface area (Å²) in [6.07, 6.45) is 3.30. The predicted octanol–water partition coefficient (Wildman–Crippen LogP) is 3.85. The third-order valence-electron chi connectivity index (χ3n) is 8.04. The molecule has 3 heterocycles. The Morgan fingerprint density at radius 2 is 1.59 bits per heavy atom. The van der Waals surface area contributed by atoms with Crippen molar-refractivity contribution in [2.75, 3.05) is 27.9 Å². The molecule has 20 nitrogen and oxygen atoms in total. The Balaban J connectivity index is 0.000000357. The number of H-pyrrole nitrogens is 1. The van der Waals surface area contributed by atoms with Crippen LogP contribution in [0.1, 0.15) is 57.9 Å². The third kappa shape index (κ3) is 11.5. The van der Waals surface area contributed by atoms with Crippen LogP contribution in [0.3, 0.4) is 0 Å². The zero-order valence-corrected chi connectivity index (χ0v) is 33.4. The van der Waals surface area contributed by atoms with Crippen molar-refractivity contribution in [1.29, 1.82) is 0 Å². The summed E-state index contributed by atoms with van der Waals surface area (Å²) in [7, 11) is -10.8. The van der Waals surface area contributed by atoms with Gasteiger partial charge in [0.1, 0.15) is 18.8 Å². The van der Waals surface area contributed by atoms with E-state index in [-0.39, 0.29) is 18.1 Å². The molecular formula is C31H44N3O17P3. The number of phosphoric acid groups is 3. The van der Waals surface area contributed by atoms with Gasteiger partial charge in [-0.1, -0.05) is 13.8 Å². The number of allylic oxidation sites excluding steroid dienone is 4. The van der Waals surface area contributed by atoms with Crippen LogP contribution in [0.15, 0.2) is 61.8 Å². The lowest BCUT2D eigenvalue weighted by atomic mass is 9.69. The van der Waals surface area contributed by atoms with Gasteiger partial charge in [0.05, 0.1) is 24.1 Å². The topological polar surface area (TPSA) is 289 Å². The van der Waals surface area contributed by atoms with Gasteiger partial charge < -0.3 is 28.9 Å². The van der Waals surface area contributed by atoms with Crippen molar-refractivity contribution in [2.24, 2.45) is 4.99 Å². The molecular weight excluding hydrogens is 779 g/mol. The zero-order valence-electron chi connectivity index (χ0n) is 30.7. The van der Waals surface area contributed by atoms with Gasteiger partial charge in [-0.05, 0) is 74.6 Å². The summed E-state index contributed by atoms with van der Waals surface area (Å²) >= 11 is 0. The highest BCUT2D eigenvalue weighted by Gasteiger charge is 2.40. The number of aliphatic hydroxyl groups is 1. The van der Waals surface area contributed by atoms with Crippen LogP contribution in [0.4, 0.5) is 5.69 Å². The van der Waals surface area contributed by atoms with E-state index in [1.807, 2.05) is 20.6 Å². The number of nitrogens with one attached hydrogen (secondary N) is 1. The fourth-order valence-corrected chi connectivity index (χ4v) is 7.90. The number of aromatic nitrogens is 2. The number of rotatable bonds is 10. The van der Waals surface area contributed by atoms with Crippen molar-refractivity contribution < 1.29 is 70.2 Å². The second kappa shape index (κ2) is 18.9. The number of hydrogen-bond donors (Lipinski definition) is 5. The van der Waals surface area contributed by atoms with Gasteiger partial charge in [-0.15, -0.1) is 0 Å². The quantitative estimate of drug-likeness (QED) is 0.168. The van der Waals surface area contributed by atoms with Crippen molar-refractivity contribution in [3.8, 4) is 5.75 Å². The molecule has 0 bridgehead atoms. The van der Waals surface area contributed by atoms with Gasteiger partial charge in [-0.25, -0.2) is 23.5 Å². The smallest absolute Gasteiger partial charge is 0.404 e. The lowest BCUT2D eigenvalue weighted by Gasteiger charge is -2.37. The maximum absolute atomic E-state index is 12.4. The van der Waals surface area contributed by atoms with Gasteiger partial charge in [0.2, 0.25) is 0 Å². The number of ketones is 1. The third-order valence-corrected chi connectivity index (χ3v) is 11.5. The number of aliphatic hydroxyl groups excluding tert-OH is 1. The predicted molar refractivity (Wildman–Crippen MR) is 194 cm³/mol. The number of phosphoric ester groups is 3. The second-order valence-corrected chi connectivity index (χ2v) is 16.6. The van der Waals surface area contributed by atoms with Crippen LogP contribution in [-0.2, 0) is 51.3 Å². The Bertz CT molecular complexity index is 2070. The van der Waals surface area contributed by atoms with Gasteiger partial charge in [0, 0.05) is 44.1 Å². The molecule has 3 aliphatic rings. The van der Waals surface area contributed by atoms with Gasteiger partial charge in [0.25, 0.3) is 5.56 Å². The molecule has 0 saturated carbocycles. The molecule has 1 aliphatic carbocycles. The van der Waals surface area contributed by atoms with Crippen molar-refractivity contribution in [2.45, 2.75) is 65.2 Å². The summed E-state index contributed by atoms with van der Waals surface area (Å²) in [6, 6.07) is 4.49. The molecule has 1 aromatic heterocycles. The van der Waals surface area contributed by atoms with Crippen LogP contribution >= 0.6 is 23.5 Å². The van der Waals surface area contributed by atoms with Crippen LogP contribution in [0, 0.1) is 6.92 Å². The maximum Gasteiger partial charge on any atom is 0.536 e. The van der Waals surface area contributed by atoms with Gasteiger partial charge >= 0.3 is 29.2 Å². The number of carbonyl (C=O) groups is 2. The molecule has 5 rings (SSSR count). The van der Waals surface area contributed by atoms with Crippen molar-refractivity contribution in [1.82, 2.24) is 9.55 Å². The average Bonchev–Trinajstić information content (AvgIpc) is 3.58. The fourth-order valence-electron chi connectivity index (χ4n) is 5.61. The van der Waals surface area contributed by atoms with Crippen LogP contribution in [0.5, 0.6) is 5.75 Å². The number of aryl methyl sites for hydroxylation is 1. The van der Waals surface area contributed by atoms with E-state index < -0.39 is 52.5 Å². The number of ether oxygens (including phenoxy) is 1. The second-order valence-electron chi connectivity index (χ2n) is 12.0. The SMILES string of the molecule is C=O.CO.COP(=O)(O)OCC1CCC(n2cc(C)c(=O)[nH]c2=O)O1.COP(=O)(O)OP(=O)(O)Oc1ccc2c(c1)C(C)(C)C1=C(C)C(=O)C(C)=CC1=N2. The molecule has 54 heavy (non-hydrogen) atoms. The number of nitrogens with zero attached hydrogens (tertiary/aromatic N) is 2. The number of hydrogen-bond acceptors (Lipinski definition) is 15. The van der Waals surface area contributed by atoms with Crippen LogP contribution < -0.4 is 15.8 Å². The van der Waals surface area contributed by atoms with Gasteiger partial charge in [0.15, 0.2) is 5.78 Å². The Hall–Kier alpha value is -3.48. The van der Waals surface area contributed by atoms with E-state index in [0.717, 1.165) is 26.9 Å². The van der Waals surface area contributed by atoms with E-state index in [2.05, 4.69) is 23.3 Å². The number of aromatic amines is 1. The van der Waals surface area contributed by atoms with E-state index in [0.29, 0.717) is 46.5 Å². The number of fused-ring (bicyclic) bond motifs is 2. The normalized spacial score (nSPS) is 21.7. The molecule has 5 atom stereocenters. The monoisotopic (exact) mass is 823 g/mol. The van der Waals surface area contributed by atoms with Crippen LogP contribution in [-0.4, -0.2) is 81.7 Å². The lowest BCUT2D eigenvalue weighted by molar-refractivity contribution is -0.112. The molecule has 23 heteroatoms. The maximum atomic E-state index is 12.4. The highest BCUT2D eigenvalue weighted by atomic mass is 31.3. The molecule has 5 unspecified atom stereocenters. The van der Waals surface area contributed by atoms with Gasteiger partial charge in [-0.3, -0.25) is 37.6 Å². The average molecular weight is 824 g/mol. The highest BCUT2D eigenvalue weighted by Crippen LogP contribution is 2.60. The largest absolute Gasteiger partial charge is 0.536 e. The first kappa shape index (κ1) is 46.7. The molecule has 2 aromatic rings. The number of Topliss-reactive ketones (excluding diaryl/α,β-unsaturated/α-hetero) is 1. The fraction of sp³-hybridized carbons (Fsp3) is 0.452. The van der Waals surface area contributed by atoms with E-state index in [1.165, 1.54) is 22.9 Å². The highest BCUT2D eigenvalue weighted by molar-refractivity contribution is 7.61. The standard InChI is InChI=1S/C18H21NO8P2.C11H17N2O7P.CH4O.CH2O/c1-10-8-15-16(11(2)17(10)20)18(3,4)13-9-12(6-7-14(13)19-15)26-29(23,24)27-28(21,22)25-5;1-7-5-13(11(15)12-10(7)14)9-4-3-8(20-9)6-19-21(16,17)18-2;2*1-2/h6-9H,1-5H3,(H,21,22)(H,23,24);5,8-9H,3-4,6H2,1-2H3,(H,16,17)(H,12,14,15);2H,1H3;1H2. The first-order chi connectivity index (χ1) is 25.1. The Labute approximate surface area is 309 Å². The van der Waals surface area contributed by atoms with Crippen LogP contribution in [0.25, 0.3) is 0 Å². The number of benzene rings is 1. The molecule has 1 fully saturated rings. The molecule has 1 aromatic carbocycles. The van der Waals surface area contributed by atoms with E-state index in [4.69, 9.17) is 28.6 Å². The summed E-state index contributed by atoms with van der Waals surface area (Å²) < 4.78 is 63.8. The van der Waals surface area contributed by atoms with Gasteiger partial charge in [-0.2, -0.15) is 4.31 Å². The summed E-state index contributed by atoms with van der Waals surface area (Å²) in [5.41, 5.74) is 2.69. The molecule has 0 radical (unpaired) electrons. The van der Waals surface area contributed by atoms with Crippen molar-refractivity contribution >= 4 is 47.4 Å². The summed E-state index contributed by atoms with van der Waals surface area (Å²) in [5, 5.41) is 7.00. The number of carbonyl (C=O) groups excluding carboxylic acids is 2. The Kier molecular flexibility index (Phi) is 16.3. The number of aliphatic imine (C=N–C) groups is 1. The zero-order chi connectivity index (χ0) is 41.4. The van der Waals surface area contributed by atoms with Crippen molar-refractivity contribution in [3.63, 3.8) is 0 Å². The minimum absolute atomic E-state index is 0.0607. The lowest BCUT2D eigenvalue weighted by Crippen LogP contribution is -2.33. The first-order valence-corrected chi connectivity index (χ1v) is 20.1. The Morgan fingerprint density at radius 3 is 2.19 bits per heavy atom. The van der Waals surface area contributed by atoms with Crippen molar-refractivity contribution in [3.05, 3.63) is 79.2 Å². The van der Waals surface area contributed by atoms with Crippen LogP contribution in [0.2, 0.25) is 0 Å². The summed E-state index contributed by atoms with van der Waals surface area (Å²) in [6.45, 7) is 10.8. The Morgan fingerprint density at radius 1 is 0.981 bits per heavy atom. The minimum atomic E-state index is -4.94. The molecule has 0 spiro atoms.